The van der Waals surface area contributed by atoms with Gasteiger partial charge in [-0.25, -0.2) is 4.98 Å². The van der Waals surface area contributed by atoms with E-state index in [2.05, 4.69) is 5.43 Å². The first-order valence-electron chi connectivity index (χ1n) is 9.19. The van der Waals surface area contributed by atoms with Crippen LogP contribution in [0.5, 0.6) is 0 Å². The van der Waals surface area contributed by atoms with Crippen LogP contribution in [0, 0.1) is 6.92 Å². The van der Waals surface area contributed by atoms with Crippen molar-refractivity contribution in [2.75, 3.05) is 12.1 Å². The topological polar surface area (TPSA) is 45.2 Å². The fraction of sp³-hybridized carbons (Fsp3) is 0.0833. The van der Waals surface area contributed by atoms with E-state index in [1.54, 1.807) is 5.01 Å². The molecule has 4 nitrogen and oxygen atoms in total. The SMILES string of the molecule is Cc1c(-c2ccccc2)nc2ccccc2c1C(=O)NN(C)c1ccccc1. The molecule has 0 aliphatic carbocycles. The molecule has 1 amide bonds. The monoisotopic (exact) mass is 367 g/mol. The summed E-state index contributed by atoms with van der Waals surface area (Å²) >= 11 is 0. The second-order valence-electron chi connectivity index (χ2n) is 6.68. The Morgan fingerprint density at radius 2 is 1.46 bits per heavy atom. The highest BCUT2D eigenvalue weighted by atomic mass is 16.2. The number of carbonyl (C=O) groups excluding carboxylic acids is 1. The third kappa shape index (κ3) is 3.32. The number of hydrazine groups is 1. The number of amides is 1. The Labute approximate surface area is 164 Å². The zero-order chi connectivity index (χ0) is 19.5. The third-order valence-electron chi connectivity index (χ3n) is 4.82. The van der Waals surface area contributed by atoms with Crippen LogP contribution in [-0.2, 0) is 0 Å². The van der Waals surface area contributed by atoms with Crippen molar-refractivity contribution < 1.29 is 4.79 Å². The van der Waals surface area contributed by atoms with Crippen molar-refractivity contribution in [3.63, 3.8) is 0 Å². The van der Waals surface area contributed by atoms with E-state index < -0.39 is 0 Å². The van der Waals surface area contributed by atoms with Gasteiger partial charge >= 0.3 is 0 Å². The van der Waals surface area contributed by atoms with E-state index in [0.29, 0.717) is 5.56 Å². The lowest BCUT2D eigenvalue weighted by Gasteiger charge is -2.22. The average molecular weight is 367 g/mol. The maximum atomic E-state index is 13.3. The van der Waals surface area contributed by atoms with Crippen LogP contribution in [0.15, 0.2) is 84.9 Å². The molecule has 0 aliphatic rings. The van der Waals surface area contributed by atoms with Crippen LogP contribution in [0.1, 0.15) is 15.9 Å². The van der Waals surface area contributed by atoms with Crippen LogP contribution in [0.2, 0.25) is 0 Å². The van der Waals surface area contributed by atoms with Crippen molar-refractivity contribution in [2.45, 2.75) is 6.92 Å². The van der Waals surface area contributed by atoms with Gasteiger partial charge in [-0.15, -0.1) is 0 Å². The molecule has 4 rings (SSSR count). The summed E-state index contributed by atoms with van der Waals surface area (Å²) in [5.41, 5.74) is 8.04. The first-order valence-corrected chi connectivity index (χ1v) is 9.19. The summed E-state index contributed by atoms with van der Waals surface area (Å²) < 4.78 is 0. The van der Waals surface area contributed by atoms with Gasteiger partial charge in [0.25, 0.3) is 5.91 Å². The second-order valence-corrected chi connectivity index (χ2v) is 6.68. The molecule has 0 unspecified atom stereocenters. The number of aromatic nitrogens is 1. The van der Waals surface area contributed by atoms with Gasteiger partial charge in [-0.1, -0.05) is 66.7 Å². The minimum Gasteiger partial charge on any atom is -0.288 e. The third-order valence-corrected chi connectivity index (χ3v) is 4.82. The van der Waals surface area contributed by atoms with Crippen LogP contribution in [0.4, 0.5) is 5.69 Å². The lowest BCUT2D eigenvalue weighted by Crippen LogP contribution is -2.39. The highest BCUT2D eigenvalue weighted by Crippen LogP contribution is 2.29. The van der Waals surface area contributed by atoms with Crippen LogP contribution in [0.25, 0.3) is 22.2 Å². The molecule has 138 valence electrons. The van der Waals surface area contributed by atoms with Gasteiger partial charge in [-0.2, -0.15) is 0 Å². The molecule has 1 heterocycles. The predicted molar refractivity (Wildman–Crippen MR) is 114 cm³/mol. The van der Waals surface area contributed by atoms with Crippen LogP contribution < -0.4 is 10.4 Å². The summed E-state index contributed by atoms with van der Waals surface area (Å²) in [6, 6.07) is 27.5. The Morgan fingerprint density at radius 1 is 0.857 bits per heavy atom. The van der Waals surface area contributed by atoms with Gasteiger partial charge in [0.2, 0.25) is 0 Å². The first kappa shape index (κ1) is 17.7. The number of benzene rings is 3. The number of anilines is 1. The standard InChI is InChI=1S/C24H21N3O/c1-17-22(24(28)26-27(2)19-13-7-4-8-14-19)20-15-9-10-16-21(20)25-23(17)18-11-5-3-6-12-18/h3-16H,1-2H3,(H,26,28). The molecule has 0 saturated carbocycles. The number of rotatable bonds is 4. The van der Waals surface area contributed by atoms with E-state index in [0.717, 1.165) is 33.4 Å². The van der Waals surface area contributed by atoms with Crippen molar-refractivity contribution in [3.05, 3.63) is 96.1 Å². The molecular weight excluding hydrogens is 346 g/mol. The smallest absolute Gasteiger partial charge is 0.270 e. The van der Waals surface area contributed by atoms with Crippen LogP contribution >= 0.6 is 0 Å². The molecule has 4 heteroatoms. The molecule has 0 spiro atoms. The van der Waals surface area contributed by atoms with Gasteiger partial charge in [0, 0.05) is 18.0 Å². The van der Waals surface area contributed by atoms with E-state index in [1.165, 1.54) is 0 Å². The Morgan fingerprint density at radius 3 is 2.18 bits per heavy atom. The first-order chi connectivity index (χ1) is 13.6. The zero-order valence-electron chi connectivity index (χ0n) is 15.9. The Balaban J connectivity index is 1.81. The summed E-state index contributed by atoms with van der Waals surface area (Å²) in [4.78, 5) is 18.1. The van der Waals surface area contributed by atoms with E-state index in [4.69, 9.17) is 4.98 Å². The molecule has 1 N–H and O–H groups in total. The largest absolute Gasteiger partial charge is 0.288 e. The van der Waals surface area contributed by atoms with Crippen molar-refractivity contribution in [3.8, 4) is 11.3 Å². The van der Waals surface area contributed by atoms with Crippen LogP contribution in [-0.4, -0.2) is 17.9 Å². The number of para-hydroxylation sites is 2. The van der Waals surface area contributed by atoms with E-state index in [1.807, 2.05) is 98.9 Å². The number of pyridine rings is 1. The Bertz CT molecular complexity index is 1120. The van der Waals surface area contributed by atoms with Crippen molar-refractivity contribution in [1.82, 2.24) is 10.4 Å². The molecular formula is C24H21N3O. The van der Waals surface area contributed by atoms with Gasteiger partial charge in [0.1, 0.15) is 0 Å². The number of hydrogen-bond acceptors (Lipinski definition) is 3. The Hall–Kier alpha value is -3.66. The van der Waals surface area contributed by atoms with Crippen LogP contribution in [0.3, 0.4) is 0 Å². The number of hydrogen-bond donors (Lipinski definition) is 1. The number of nitrogens with one attached hydrogen (secondary N) is 1. The van der Waals surface area contributed by atoms with Gasteiger partial charge < -0.3 is 0 Å². The molecule has 1 aromatic heterocycles. The minimum absolute atomic E-state index is 0.153. The summed E-state index contributed by atoms with van der Waals surface area (Å²) in [6.45, 7) is 1.96. The van der Waals surface area contributed by atoms with E-state index >= 15 is 0 Å². The quantitative estimate of drug-likeness (QED) is 0.517. The van der Waals surface area contributed by atoms with Crippen molar-refractivity contribution in [2.24, 2.45) is 0 Å². The van der Waals surface area contributed by atoms with Gasteiger partial charge in [0.05, 0.1) is 22.5 Å². The lowest BCUT2D eigenvalue weighted by atomic mass is 9.97. The maximum Gasteiger partial charge on any atom is 0.270 e. The number of fused-ring (bicyclic) bond motifs is 1. The lowest BCUT2D eigenvalue weighted by molar-refractivity contribution is 0.0952. The molecule has 0 saturated heterocycles. The summed E-state index contributed by atoms with van der Waals surface area (Å²) in [5.74, 6) is -0.153. The summed E-state index contributed by atoms with van der Waals surface area (Å²) in [5, 5.41) is 2.58. The molecule has 0 atom stereocenters. The predicted octanol–water partition coefficient (Wildman–Crippen LogP) is 4.99. The molecule has 0 fully saturated rings. The second kappa shape index (κ2) is 7.53. The summed E-state index contributed by atoms with van der Waals surface area (Å²) in [6.07, 6.45) is 0. The Kier molecular flexibility index (Phi) is 4.77. The molecule has 0 radical (unpaired) electrons. The zero-order valence-corrected chi connectivity index (χ0v) is 15.9. The molecule has 0 aliphatic heterocycles. The van der Waals surface area contributed by atoms with Gasteiger partial charge in [0.15, 0.2) is 0 Å². The van der Waals surface area contributed by atoms with Gasteiger partial charge in [-0.3, -0.25) is 15.2 Å². The normalized spacial score (nSPS) is 10.6. The van der Waals surface area contributed by atoms with Gasteiger partial charge in [-0.05, 0) is 30.7 Å². The molecule has 4 aromatic rings. The summed E-state index contributed by atoms with van der Waals surface area (Å²) in [7, 11) is 1.84. The fourth-order valence-electron chi connectivity index (χ4n) is 3.40. The van der Waals surface area contributed by atoms with E-state index in [9.17, 15) is 4.79 Å². The van der Waals surface area contributed by atoms with Crippen molar-refractivity contribution in [1.29, 1.82) is 0 Å². The molecule has 28 heavy (non-hydrogen) atoms. The number of carbonyl (C=O) groups is 1. The number of nitrogens with zero attached hydrogens (tertiary/aromatic N) is 2. The van der Waals surface area contributed by atoms with Crippen molar-refractivity contribution >= 4 is 22.5 Å². The highest BCUT2D eigenvalue weighted by molar-refractivity contribution is 6.09. The minimum atomic E-state index is -0.153. The fourth-order valence-corrected chi connectivity index (χ4v) is 3.40. The average Bonchev–Trinajstić information content (AvgIpc) is 2.74. The maximum absolute atomic E-state index is 13.3. The van der Waals surface area contributed by atoms with E-state index in [-0.39, 0.29) is 5.91 Å². The molecule has 0 bridgehead atoms. The molecule has 3 aromatic carbocycles. The highest BCUT2D eigenvalue weighted by Gasteiger charge is 2.19.